The lowest BCUT2D eigenvalue weighted by atomic mass is 9.68. The number of likely N-dealkylation sites (tertiary alicyclic amines) is 1. The van der Waals surface area contributed by atoms with Gasteiger partial charge < -0.3 is 10.2 Å². The molecule has 1 aromatic rings. The first-order chi connectivity index (χ1) is 10.1. The molecule has 1 heterocycles. The molecule has 3 nitrogen and oxygen atoms in total. The van der Waals surface area contributed by atoms with Gasteiger partial charge in [0, 0.05) is 26.7 Å². The molecule has 22 heavy (non-hydrogen) atoms. The standard InChI is InChI=1S/C17H24FN3.HI/c1-13-10-14(4-5-15(13)18)11-20-16(19-2)21-9-8-17(12-21)6-3-7-17;/h4-5,10H,3,6-9,11-12H2,1-2H3,(H,19,20);1H. The van der Waals surface area contributed by atoms with E-state index in [1.54, 1.807) is 6.92 Å². The number of rotatable bonds is 2. The summed E-state index contributed by atoms with van der Waals surface area (Å²) in [4.78, 5) is 6.78. The van der Waals surface area contributed by atoms with Gasteiger partial charge in [-0.05, 0) is 48.8 Å². The first kappa shape index (κ1) is 17.5. The minimum absolute atomic E-state index is 0. The summed E-state index contributed by atoms with van der Waals surface area (Å²) in [5, 5.41) is 3.41. The molecule has 1 saturated carbocycles. The van der Waals surface area contributed by atoms with Crippen molar-refractivity contribution in [3.63, 3.8) is 0 Å². The fraction of sp³-hybridized carbons (Fsp3) is 0.588. The zero-order chi connectivity index (χ0) is 14.9. The Morgan fingerprint density at radius 3 is 2.68 bits per heavy atom. The van der Waals surface area contributed by atoms with Crippen molar-refractivity contribution in [1.82, 2.24) is 10.2 Å². The number of benzene rings is 1. The Morgan fingerprint density at radius 1 is 1.36 bits per heavy atom. The third kappa shape index (κ3) is 3.55. The van der Waals surface area contributed by atoms with Gasteiger partial charge in [0.15, 0.2) is 5.96 Å². The number of halogens is 2. The van der Waals surface area contributed by atoms with E-state index < -0.39 is 0 Å². The fourth-order valence-electron chi connectivity index (χ4n) is 3.53. The summed E-state index contributed by atoms with van der Waals surface area (Å²) < 4.78 is 13.3. The second-order valence-electron chi connectivity index (χ2n) is 6.51. The van der Waals surface area contributed by atoms with E-state index in [-0.39, 0.29) is 29.8 Å². The van der Waals surface area contributed by atoms with Crippen molar-refractivity contribution in [2.24, 2.45) is 10.4 Å². The van der Waals surface area contributed by atoms with Crippen LogP contribution in [0.4, 0.5) is 4.39 Å². The van der Waals surface area contributed by atoms with Crippen molar-refractivity contribution in [2.45, 2.75) is 39.2 Å². The second-order valence-corrected chi connectivity index (χ2v) is 6.51. The highest BCUT2D eigenvalue weighted by atomic mass is 127. The van der Waals surface area contributed by atoms with Gasteiger partial charge in [0.05, 0.1) is 0 Å². The van der Waals surface area contributed by atoms with Crippen LogP contribution in [0.5, 0.6) is 0 Å². The van der Waals surface area contributed by atoms with E-state index in [0.717, 1.165) is 24.6 Å². The monoisotopic (exact) mass is 417 g/mol. The average Bonchev–Trinajstić information content (AvgIpc) is 2.89. The number of nitrogens with one attached hydrogen (secondary N) is 1. The van der Waals surface area contributed by atoms with Crippen LogP contribution in [-0.4, -0.2) is 31.0 Å². The van der Waals surface area contributed by atoms with Crippen molar-refractivity contribution >= 4 is 29.9 Å². The van der Waals surface area contributed by atoms with Gasteiger partial charge in [-0.3, -0.25) is 4.99 Å². The summed E-state index contributed by atoms with van der Waals surface area (Å²) >= 11 is 0. The molecule has 0 aromatic heterocycles. The molecule has 2 fully saturated rings. The maximum Gasteiger partial charge on any atom is 0.193 e. The first-order valence-corrected chi connectivity index (χ1v) is 7.83. The number of aryl methyl sites for hydroxylation is 1. The lowest BCUT2D eigenvalue weighted by Gasteiger charge is -2.38. The quantitative estimate of drug-likeness (QED) is 0.452. The van der Waals surface area contributed by atoms with E-state index >= 15 is 0 Å². The molecule has 0 bridgehead atoms. The normalized spacial score (nSPS) is 19.8. The minimum atomic E-state index is -0.144. The summed E-state index contributed by atoms with van der Waals surface area (Å²) in [7, 11) is 1.84. The molecule has 1 aliphatic carbocycles. The molecule has 1 aromatic carbocycles. The molecule has 0 radical (unpaired) electrons. The van der Waals surface area contributed by atoms with Gasteiger partial charge in [-0.1, -0.05) is 18.6 Å². The summed E-state index contributed by atoms with van der Waals surface area (Å²) in [5.41, 5.74) is 2.36. The van der Waals surface area contributed by atoms with Crippen LogP contribution in [-0.2, 0) is 6.54 Å². The number of nitrogens with zero attached hydrogens (tertiary/aromatic N) is 2. The number of hydrogen-bond donors (Lipinski definition) is 1. The van der Waals surface area contributed by atoms with Gasteiger partial charge in [-0.15, -0.1) is 24.0 Å². The maximum absolute atomic E-state index is 13.3. The van der Waals surface area contributed by atoms with E-state index in [4.69, 9.17) is 0 Å². The van der Waals surface area contributed by atoms with Crippen LogP contribution >= 0.6 is 24.0 Å². The van der Waals surface area contributed by atoms with Gasteiger partial charge in [0.25, 0.3) is 0 Å². The summed E-state index contributed by atoms with van der Waals surface area (Å²) in [6.45, 7) is 4.73. The number of guanidine groups is 1. The Hall–Kier alpha value is -0.850. The van der Waals surface area contributed by atoms with Crippen LogP contribution in [0.15, 0.2) is 23.2 Å². The first-order valence-electron chi connectivity index (χ1n) is 7.83. The average molecular weight is 417 g/mol. The van der Waals surface area contributed by atoms with E-state index in [2.05, 4.69) is 15.2 Å². The Bertz CT molecular complexity index is 555. The highest BCUT2D eigenvalue weighted by molar-refractivity contribution is 14.0. The molecule has 1 N–H and O–H groups in total. The highest BCUT2D eigenvalue weighted by Crippen LogP contribution is 2.47. The zero-order valence-corrected chi connectivity index (χ0v) is 15.7. The molecular weight excluding hydrogens is 392 g/mol. The molecule has 0 unspecified atom stereocenters. The van der Waals surface area contributed by atoms with Crippen LogP contribution < -0.4 is 5.32 Å². The van der Waals surface area contributed by atoms with Gasteiger partial charge in [-0.2, -0.15) is 0 Å². The van der Waals surface area contributed by atoms with Crippen molar-refractivity contribution in [3.8, 4) is 0 Å². The molecule has 0 atom stereocenters. The smallest absolute Gasteiger partial charge is 0.193 e. The van der Waals surface area contributed by atoms with Crippen LogP contribution in [0.1, 0.15) is 36.8 Å². The predicted octanol–water partition coefficient (Wildman–Crippen LogP) is 3.70. The molecule has 1 spiro atoms. The third-order valence-electron chi connectivity index (χ3n) is 5.04. The second kappa shape index (κ2) is 7.15. The predicted molar refractivity (Wildman–Crippen MR) is 99.2 cm³/mol. The van der Waals surface area contributed by atoms with Crippen molar-refractivity contribution in [1.29, 1.82) is 0 Å². The molecule has 122 valence electrons. The Morgan fingerprint density at radius 2 is 2.14 bits per heavy atom. The lowest BCUT2D eigenvalue weighted by Crippen LogP contribution is -2.42. The van der Waals surface area contributed by atoms with E-state index in [1.807, 2.05) is 19.2 Å². The molecule has 3 rings (SSSR count). The Balaban J connectivity index is 0.00000176. The zero-order valence-electron chi connectivity index (χ0n) is 13.4. The third-order valence-corrected chi connectivity index (χ3v) is 5.04. The molecule has 0 amide bonds. The summed E-state index contributed by atoms with van der Waals surface area (Å²) in [5.74, 6) is 0.829. The van der Waals surface area contributed by atoms with Gasteiger partial charge >= 0.3 is 0 Å². The van der Waals surface area contributed by atoms with Crippen molar-refractivity contribution < 1.29 is 4.39 Å². The summed E-state index contributed by atoms with van der Waals surface area (Å²) in [6, 6.07) is 5.27. The van der Waals surface area contributed by atoms with Crippen LogP contribution in [0.3, 0.4) is 0 Å². The van der Waals surface area contributed by atoms with Gasteiger partial charge in [0.1, 0.15) is 5.82 Å². The van der Waals surface area contributed by atoms with Crippen molar-refractivity contribution in [2.75, 3.05) is 20.1 Å². The Kier molecular flexibility index (Phi) is 5.69. The van der Waals surface area contributed by atoms with E-state index in [9.17, 15) is 4.39 Å². The SMILES string of the molecule is CN=C(NCc1ccc(F)c(C)c1)N1CCC2(CCC2)C1.I. The van der Waals surface area contributed by atoms with E-state index in [0.29, 0.717) is 17.5 Å². The number of hydrogen-bond acceptors (Lipinski definition) is 1. The van der Waals surface area contributed by atoms with E-state index in [1.165, 1.54) is 31.7 Å². The summed E-state index contributed by atoms with van der Waals surface area (Å²) in [6.07, 6.45) is 5.42. The molecule has 1 aliphatic heterocycles. The largest absolute Gasteiger partial charge is 0.352 e. The minimum Gasteiger partial charge on any atom is -0.352 e. The van der Waals surface area contributed by atoms with Gasteiger partial charge in [-0.25, -0.2) is 4.39 Å². The van der Waals surface area contributed by atoms with Crippen LogP contribution in [0, 0.1) is 18.2 Å². The Labute approximate surface area is 149 Å². The van der Waals surface area contributed by atoms with Crippen LogP contribution in [0.2, 0.25) is 0 Å². The van der Waals surface area contributed by atoms with Crippen LogP contribution in [0.25, 0.3) is 0 Å². The highest BCUT2D eigenvalue weighted by Gasteiger charge is 2.43. The molecule has 1 saturated heterocycles. The molecule has 5 heteroatoms. The molecule has 2 aliphatic rings. The maximum atomic E-state index is 13.3. The molecular formula is C17H25FIN3. The van der Waals surface area contributed by atoms with Gasteiger partial charge in [0.2, 0.25) is 0 Å². The fourth-order valence-corrected chi connectivity index (χ4v) is 3.53. The topological polar surface area (TPSA) is 27.6 Å². The van der Waals surface area contributed by atoms with Crippen molar-refractivity contribution in [3.05, 3.63) is 35.1 Å². The lowest BCUT2D eigenvalue weighted by molar-refractivity contribution is 0.151. The number of aliphatic imine (C=N–C) groups is 1.